The molecule has 0 radical (unpaired) electrons. The van der Waals surface area contributed by atoms with Crippen molar-refractivity contribution in [2.45, 2.75) is 33.7 Å². The highest BCUT2D eigenvalue weighted by molar-refractivity contribution is 6.04. The fourth-order valence-electron chi connectivity index (χ4n) is 2.43. The molecule has 2 rings (SSSR count). The summed E-state index contributed by atoms with van der Waals surface area (Å²) in [7, 11) is 1.78. The molecule has 2 aromatic rings. The zero-order valence-electron chi connectivity index (χ0n) is 15.3. The molecule has 0 atom stereocenters. The Morgan fingerprint density at radius 1 is 1.32 bits per heavy atom. The quantitative estimate of drug-likeness (QED) is 0.841. The van der Waals surface area contributed by atoms with Crippen molar-refractivity contribution < 1.29 is 9.59 Å². The zero-order valence-corrected chi connectivity index (χ0v) is 15.3. The number of carbonyl (C=O) groups is 2. The summed E-state index contributed by atoms with van der Waals surface area (Å²) in [5, 5.41) is 7.01. The van der Waals surface area contributed by atoms with Gasteiger partial charge in [-0.2, -0.15) is 5.10 Å². The molecule has 1 aromatic heterocycles. The van der Waals surface area contributed by atoms with E-state index in [0.717, 1.165) is 18.5 Å². The third-order valence-corrected chi connectivity index (χ3v) is 3.97. The highest BCUT2D eigenvalue weighted by Crippen LogP contribution is 2.20. The van der Waals surface area contributed by atoms with Gasteiger partial charge in [0.05, 0.1) is 11.3 Å². The maximum absolute atomic E-state index is 12.8. The Hall–Kier alpha value is -2.63. The summed E-state index contributed by atoms with van der Waals surface area (Å²) in [6, 6.07) is 7.39. The van der Waals surface area contributed by atoms with Crippen molar-refractivity contribution >= 4 is 17.5 Å². The smallest absolute Gasteiger partial charge is 0.255 e. The number of nitrogens with one attached hydrogen (secondary N) is 1. The SMILES string of the molecule is Cc1ccc(NC(=O)C(C)C)c(C(=O)N(C)CCCn2cccn2)c1. The Bertz CT molecular complexity index is 723. The Morgan fingerprint density at radius 3 is 2.72 bits per heavy atom. The molecule has 0 aliphatic rings. The highest BCUT2D eigenvalue weighted by atomic mass is 16.2. The standard InChI is InChI=1S/C19H26N4O2/c1-14(2)18(24)21-17-8-7-15(3)13-16(17)19(25)22(4)10-6-12-23-11-5-9-20-23/h5,7-9,11,13-14H,6,10,12H2,1-4H3,(H,21,24). The normalized spacial score (nSPS) is 10.8. The van der Waals surface area contributed by atoms with Crippen molar-refractivity contribution in [2.75, 3.05) is 18.9 Å². The van der Waals surface area contributed by atoms with Crippen LogP contribution in [0.25, 0.3) is 0 Å². The van der Waals surface area contributed by atoms with Gasteiger partial charge in [0.25, 0.3) is 5.91 Å². The van der Waals surface area contributed by atoms with E-state index in [9.17, 15) is 9.59 Å². The van der Waals surface area contributed by atoms with Gasteiger partial charge in [0, 0.05) is 38.4 Å². The minimum atomic E-state index is -0.143. The average Bonchev–Trinajstić information content (AvgIpc) is 3.08. The van der Waals surface area contributed by atoms with Crippen molar-refractivity contribution in [1.82, 2.24) is 14.7 Å². The maximum atomic E-state index is 12.8. The van der Waals surface area contributed by atoms with Crippen LogP contribution in [0, 0.1) is 12.8 Å². The molecule has 0 aliphatic heterocycles. The van der Waals surface area contributed by atoms with E-state index in [4.69, 9.17) is 0 Å². The molecular weight excluding hydrogens is 316 g/mol. The number of amides is 2. The first-order chi connectivity index (χ1) is 11.9. The van der Waals surface area contributed by atoms with Crippen LogP contribution in [0.4, 0.5) is 5.69 Å². The number of benzene rings is 1. The molecule has 2 amide bonds. The molecule has 1 aromatic carbocycles. The van der Waals surface area contributed by atoms with E-state index in [1.807, 2.05) is 49.8 Å². The van der Waals surface area contributed by atoms with E-state index < -0.39 is 0 Å². The van der Waals surface area contributed by atoms with Gasteiger partial charge in [0.15, 0.2) is 0 Å². The Balaban J connectivity index is 2.05. The van der Waals surface area contributed by atoms with Crippen molar-refractivity contribution in [1.29, 1.82) is 0 Å². The lowest BCUT2D eigenvalue weighted by molar-refractivity contribution is -0.118. The predicted octanol–water partition coefficient (Wildman–Crippen LogP) is 2.95. The summed E-state index contributed by atoms with van der Waals surface area (Å²) >= 11 is 0. The van der Waals surface area contributed by atoms with E-state index in [2.05, 4.69) is 10.4 Å². The highest BCUT2D eigenvalue weighted by Gasteiger charge is 2.18. The van der Waals surface area contributed by atoms with Crippen LogP contribution in [0.3, 0.4) is 0 Å². The van der Waals surface area contributed by atoms with Crippen LogP contribution in [0.5, 0.6) is 0 Å². The fourth-order valence-corrected chi connectivity index (χ4v) is 2.43. The van der Waals surface area contributed by atoms with Crippen LogP contribution in [0.15, 0.2) is 36.7 Å². The lowest BCUT2D eigenvalue weighted by Crippen LogP contribution is -2.30. The number of aromatic nitrogens is 2. The van der Waals surface area contributed by atoms with Gasteiger partial charge in [-0.3, -0.25) is 14.3 Å². The number of rotatable bonds is 7. The number of hydrogen-bond acceptors (Lipinski definition) is 3. The van der Waals surface area contributed by atoms with Gasteiger partial charge in [-0.25, -0.2) is 0 Å². The van der Waals surface area contributed by atoms with Gasteiger partial charge in [-0.05, 0) is 31.5 Å². The van der Waals surface area contributed by atoms with Gasteiger partial charge >= 0.3 is 0 Å². The Kier molecular flexibility index (Phi) is 6.33. The number of aryl methyl sites for hydroxylation is 2. The van der Waals surface area contributed by atoms with Gasteiger partial charge in [0.2, 0.25) is 5.91 Å². The van der Waals surface area contributed by atoms with E-state index in [-0.39, 0.29) is 17.7 Å². The van der Waals surface area contributed by atoms with Crippen molar-refractivity contribution in [3.05, 3.63) is 47.8 Å². The van der Waals surface area contributed by atoms with Crippen molar-refractivity contribution in [3.8, 4) is 0 Å². The summed E-state index contributed by atoms with van der Waals surface area (Å²) in [5.41, 5.74) is 2.07. The third kappa shape index (κ3) is 5.17. The minimum absolute atomic E-state index is 0.0942. The van der Waals surface area contributed by atoms with E-state index in [0.29, 0.717) is 17.8 Å². The number of nitrogens with zero attached hydrogens (tertiary/aromatic N) is 3. The van der Waals surface area contributed by atoms with Crippen molar-refractivity contribution in [2.24, 2.45) is 5.92 Å². The summed E-state index contributed by atoms with van der Waals surface area (Å²) in [6.07, 6.45) is 4.46. The second kappa shape index (κ2) is 8.46. The molecule has 0 fully saturated rings. The van der Waals surface area contributed by atoms with Crippen LogP contribution in [0.2, 0.25) is 0 Å². The molecule has 1 N–H and O–H groups in total. The number of hydrogen-bond donors (Lipinski definition) is 1. The second-order valence-electron chi connectivity index (χ2n) is 6.54. The minimum Gasteiger partial charge on any atom is -0.342 e. The third-order valence-electron chi connectivity index (χ3n) is 3.97. The molecule has 25 heavy (non-hydrogen) atoms. The van der Waals surface area contributed by atoms with E-state index in [1.54, 1.807) is 24.2 Å². The Labute approximate surface area is 148 Å². The second-order valence-corrected chi connectivity index (χ2v) is 6.54. The molecule has 6 heteroatoms. The summed E-state index contributed by atoms with van der Waals surface area (Å²) in [5.74, 6) is -0.335. The van der Waals surface area contributed by atoms with Crippen molar-refractivity contribution in [3.63, 3.8) is 0 Å². The molecule has 0 bridgehead atoms. The first kappa shape index (κ1) is 18.7. The van der Waals surface area contributed by atoms with Crippen LogP contribution < -0.4 is 5.32 Å². The summed E-state index contributed by atoms with van der Waals surface area (Å²) in [4.78, 5) is 26.5. The topological polar surface area (TPSA) is 67.2 Å². The Morgan fingerprint density at radius 2 is 2.08 bits per heavy atom. The van der Waals surface area contributed by atoms with Gasteiger partial charge in [-0.15, -0.1) is 0 Å². The van der Waals surface area contributed by atoms with Crippen LogP contribution >= 0.6 is 0 Å². The van der Waals surface area contributed by atoms with Gasteiger partial charge in [-0.1, -0.05) is 25.5 Å². The fraction of sp³-hybridized carbons (Fsp3) is 0.421. The van der Waals surface area contributed by atoms with Gasteiger partial charge in [0.1, 0.15) is 0 Å². The lowest BCUT2D eigenvalue weighted by Gasteiger charge is -2.20. The van der Waals surface area contributed by atoms with E-state index in [1.165, 1.54) is 0 Å². The number of anilines is 1. The zero-order chi connectivity index (χ0) is 18.4. The molecule has 0 spiro atoms. The molecular formula is C19H26N4O2. The lowest BCUT2D eigenvalue weighted by atomic mass is 10.1. The number of carbonyl (C=O) groups excluding carboxylic acids is 2. The average molecular weight is 342 g/mol. The van der Waals surface area contributed by atoms with Gasteiger partial charge < -0.3 is 10.2 Å². The molecule has 1 heterocycles. The first-order valence-electron chi connectivity index (χ1n) is 8.53. The molecule has 6 nitrogen and oxygen atoms in total. The maximum Gasteiger partial charge on any atom is 0.255 e. The van der Waals surface area contributed by atoms with Crippen LogP contribution in [-0.2, 0) is 11.3 Å². The molecule has 0 unspecified atom stereocenters. The molecule has 134 valence electrons. The molecule has 0 aliphatic carbocycles. The molecule has 0 saturated carbocycles. The predicted molar refractivity (Wildman–Crippen MR) is 98.5 cm³/mol. The first-order valence-corrected chi connectivity index (χ1v) is 8.53. The van der Waals surface area contributed by atoms with E-state index >= 15 is 0 Å². The largest absolute Gasteiger partial charge is 0.342 e. The summed E-state index contributed by atoms with van der Waals surface area (Å²) < 4.78 is 1.85. The van der Waals surface area contributed by atoms with Crippen LogP contribution in [-0.4, -0.2) is 40.1 Å². The monoisotopic (exact) mass is 342 g/mol. The summed E-state index contributed by atoms with van der Waals surface area (Å²) in [6.45, 7) is 6.96. The van der Waals surface area contributed by atoms with Crippen LogP contribution in [0.1, 0.15) is 36.2 Å². The molecule has 0 saturated heterocycles.